The quantitative estimate of drug-likeness (QED) is 0.119. The first-order valence-corrected chi connectivity index (χ1v) is 16.0. The molecule has 0 N–H and O–H groups in total. The van der Waals surface area contributed by atoms with Gasteiger partial charge in [0.25, 0.3) is 0 Å². The van der Waals surface area contributed by atoms with Gasteiger partial charge in [-0.1, -0.05) is 55.4 Å². The van der Waals surface area contributed by atoms with Crippen LogP contribution in [0.4, 0.5) is 19.2 Å². The van der Waals surface area contributed by atoms with Crippen LogP contribution < -0.4 is 0 Å². The Kier molecular flexibility index (Phi) is 16.7. The Bertz CT molecular complexity index is 803. The zero-order valence-corrected chi connectivity index (χ0v) is 28.4. The highest BCUT2D eigenvalue weighted by Crippen LogP contribution is 2.39. The first-order valence-electron chi connectivity index (χ1n) is 16.0. The van der Waals surface area contributed by atoms with Gasteiger partial charge in [0.15, 0.2) is 0 Å². The third-order valence-corrected chi connectivity index (χ3v) is 8.42. The first kappa shape index (κ1) is 39.1. The molecule has 0 saturated heterocycles. The molecule has 0 amide bonds. The van der Waals surface area contributed by atoms with Crippen LogP contribution in [0.25, 0.3) is 0 Å². The average molecular weight is 633 g/mol. The van der Waals surface area contributed by atoms with Gasteiger partial charge in [0, 0.05) is 0 Å². The van der Waals surface area contributed by atoms with E-state index in [1.165, 1.54) is 0 Å². The summed E-state index contributed by atoms with van der Waals surface area (Å²) in [5, 5.41) is 0. The van der Waals surface area contributed by atoms with E-state index in [1.807, 2.05) is 13.8 Å². The maximum atomic E-state index is 11.8. The summed E-state index contributed by atoms with van der Waals surface area (Å²) in [6.45, 7) is 20.5. The normalized spacial score (nSPS) is 23.3. The summed E-state index contributed by atoms with van der Waals surface area (Å²) in [5.74, 6) is 1.26. The molecule has 0 bridgehead atoms. The Balaban J connectivity index is 0.000000517. The smallest absolute Gasteiger partial charge is 0.429 e. The van der Waals surface area contributed by atoms with Gasteiger partial charge in [0.1, 0.15) is 24.4 Å². The molecule has 2 rings (SSSR count). The van der Waals surface area contributed by atoms with Crippen LogP contribution in [0, 0.1) is 22.7 Å². The van der Waals surface area contributed by atoms with Crippen molar-refractivity contribution in [2.24, 2.45) is 22.7 Å². The molecule has 0 heterocycles. The van der Waals surface area contributed by atoms with Crippen molar-refractivity contribution in [3.63, 3.8) is 0 Å². The lowest BCUT2D eigenvalue weighted by atomic mass is 9.72. The maximum absolute atomic E-state index is 11.8. The lowest BCUT2D eigenvalue weighted by Crippen LogP contribution is -2.31. The molecule has 0 aliphatic heterocycles. The van der Waals surface area contributed by atoms with Gasteiger partial charge in [-0.05, 0) is 101 Å². The minimum atomic E-state index is -1.06. The molecule has 44 heavy (non-hydrogen) atoms. The molecule has 0 spiro atoms. The van der Waals surface area contributed by atoms with Gasteiger partial charge in [0.2, 0.25) is 0 Å². The molecule has 0 radical (unpaired) electrons. The van der Waals surface area contributed by atoms with E-state index in [0.717, 1.165) is 51.4 Å². The van der Waals surface area contributed by atoms with Gasteiger partial charge in [0.05, 0.1) is 0 Å². The second kappa shape index (κ2) is 18.8. The van der Waals surface area contributed by atoms with Gasteiger partial charge >= 0.3 is 24.6 Å². The van der Waals surface area contributed by atoms with Crippen LogP contribution in [0.1, 0.15) is 133 Å². The van der Waals surface area contributed by atoms with Gasteiger partial charge in [-0.3, -0.25) is 0 Å². The molecule has 2 aliphatic carbocycles. The molecule has 2 fully saturated rings. The van der Waals surface area contributed by atoms with Crippen molar-refractivity contribution >= 4 is 24.6 Å². The molecule has 256 valence electrons. The third-order valence-electron chi connectivity index (χ3n) is 8.42. The molecule has 2 atom stereocenters. The summed E-state index contributed by atoms with van der Waals surface area (Å²) in [6.07, 6.45) is 3.55. The van der Waals surface area contributed by atoms with E-state index in [9.17, 15) is 19.2 Å². The molecule has 12 heteroatoms. The number of carbonyl (C=O) groups is 4. The fourth-order valence-corrected chi connectivity index (χ4v) is 5.08. The van der Waals surface area contributed by atoms with E-state index in [4.69, 9.17) is 9.47 Å². The van der Waals surface area contributed by atoms with Crippen LogP contribution in [-0.4, -0.2) is 49.0 Å². The second-order valence-corrected chi connectivity index (χ2v) is 13.9. The highest BCUT2D eigenvalue weighted by atomic mass is 17.3. The standard InChI is InChI=1S/C22H38O6.C10H18O6/c1-21(2,3)15-7-11-17(12-8-15)25-19(23)27-28-20(24)26-18-13-9-16(10-14-18)22(4,5)6;1-5-7(3)13-9(11)15-16-10(12)14-8(4)6-2/h15-18H,7-14H2,1-6H3;7-8H,5-6H2,1-4H3. The van der Waals surface area contributed by atoms with Crippen LogP contribution in [0.2, 0.25) is 0 Å². The van der Waals surface area contributed by atoms with Gasteiger partial charge in [-0.2, -0.15) is 38.7 Å². The predicted molar refractivity (Wildman–Crippen MR) is 160 cm³/mol. The highest BCUT2D eigenvalue weighted by Gasteiger charge is 2.33. The minimum absolute atomic E-state index is 0.182. The van der Waals surface area contributed by atoms with Crippen molar-refractivity contribution < 1.29 is 57.7 Å². The Hall–Kier alpha value is -2.92. The Labute approximate surface area is 262 Å². The zero-order chi connectivity index (χ0) is 33.5. The largest absolute Gasteiger partial charge is 0.550 e. The topological polar surface area (TPSA) is 142 Å². The van der Waals surface area contributed by atoms with E-state index in [2.05, 4.69) is 70.6 Å². The Morgan fingerprint density at radius 2 is 0.795 bits per heavy atom. The second-order valence-electron chi connectivity index (χ2n) is 13.9. The molecule has 2 saturated carbocycles. The molecular weight excluding hydrogens is 576 g/mol. The predicted octanol–water partition coefficient (Wildman–Crippen LogP) is 9.22. The van der Waals surface area contributed by atoms with Crippen molar-refractivity contribution in [2.45, 2.75) is 158 Å². The Morgan fingerprint density at radius 3 is 1.05 bits per heavy atom. The molecule has 0 aromatic rings. The molecule has 0 aromatic heterocycles. The fourth-order valence-electron chi connectivity index (χ4n) is 5.08. The van der Waals surface area contributed by atoms with Crippen LogP contribution in [-0.2, 0) is 38.5 Å². The van der Waals surface area contributed by atoms with Crippen molar-refractivity contribution in [1.82, 2.24) is 0 Å². The molecule has 2 unspecified atom stereocenters. The highest BCUT2D eigenvalue weighted by molar-refractivity contribution is 5.64. The van der Waals surface area contributed by atoms with Gasteiger partial charge < -0.3 is 18.9 Å². The summed E-state index contributed by atoms with van der Waals surface area (Å²) < 4.78 is 19.9. The zero-order valence-electron chi connectivity index (χ0n) is 28.4. The molecule has 2 aliphatic rings. The number of hydrogen-bond donors (Lipinski definition) is 0. The monoisotopic (exact) mass is 632 g/mol. The lowest BCUT2D eigenvalue weighted by molar-refractivity contribution is -0.227. The van der Waals surface area contributed by atoms with Crippen molar-refractivity contribution in [3.8, 4) is 0 Å². The van der Waals surface area contributed by atoms with Gasteiger partial charge in [-0.25, -0.2) is 0 Å². The van der Waals surface area contributed by atoms with Crippen LogP contribution >= 0.6 is 0 Å². The van der Waals surface area contributed by atoms with E-state index in [1.54, 1.807) is 13.8 Å². The number of carbonyl (C=O) groups excluding carboxylic acids is 4. The molecular formula is C32H56O12. The van der Waals surface area contributed by atoms with E-state index >= 15 is 0 Å². The summed E-state index contributed by atoms with van der Waals surface area (Å²) in [5.41, 5.74) is 0.536. The van der Waals surface area contributed by atoms with Gasteiger partial charge in [-0.15, -0.1) is 0 Å². The number of hydrogen-bond acceptors (Lipinski definition) is 12. The van der Waals surface area contributed by atoms with Crippen molar-refractivity contribution in [2.75, 3.05) is 0 Å². The number of ether oxygens (including phenoxy) is 4. The lowest BCUT2D eigenvalue weighted by Gasteiger charge is -2.36. The third kappa shape index (κ3) is 16.2. The summed E-state index contributed by atoms with van der Waals surface area (Å²) in [4.78, 5) is 62.5. The summed E-state index contributed by atoms with van der Waals surface area (Å²) in [6, 6.07) is 0. The maximum Gasteiger partial charge on any atom is 0.550 e. The van der Waals surface area contributed by atoms with Crippen molar-refractivity contribution in [1.29, 1.82) is 0 Å². The average Bonchev–Trinajstić information content (AvgIpc) is 2.95. The molecule has 0 aromatic carbocycles. The summed E-state index contributed by atoms with van der Waals surface area (Å²) >= 11 is 0. The fraction of sp³-hybridized carbons (Fsp3) is 0.875. The van der Waals surface area contributed by atoms with E-state index in [0.29, 0.717) is 24.7 Å². The number of rotatable bonds is 6. The SMILES string of the molecule is CC(C)(C)C1CCC(OC(=O)OOC(=O)OC2CCC(C(C)(C)C)CC2)CC1.CCC(C)OC(=O)OOC(=O)OC(C)CC. The van der Waals surface area contributed by atoms with E-state index in [-0.39, 0.29) is 35.2 Å². The van der Waals surface area contributed by atoms with E-state index < -0.39 is 24.6 Å². The van der Waals surface area contributed by atoms with Crippen LogP contribution in [0.15, 0.2) is 0 Å². The van der Waals surface area contributed by atoms with Crippen molar-refractivity contribution in [3.05, 3.63) is 0 Å². The van der Waals surface area contributed by atoms with Crippen LogP contribution in [0.3, 0.4) is 0 Å². The minimum Gasteiger partial charge on any atom is -0.429 e. The van der Waals surface area contributed by atoms with Crippen LogP contribution in [0.5, 0.6) is 0 Å². The summed E-state index contributed by atoms with van der Waals surface area (Å²) in [7, 11) is 0. The molecule has 12 nitrogen and oxygen atoms in total. The Morgan fingerprint density at radius 1 is 0.523 bits per heavy atom. The first-order chi connectivity index (χ1) is 20.4.